The molecule has 0 bridgehead atoms. The third-order valence-corrected chi connectivity index (χ3v) is 3.36. The predicted molar refractivity (Wildman–Crippen MR) is 65.8 cm³/mol. The smallest absolute Gasteiger partial charge is 0.279 e. The van der Waals surface area contributed by atoms with E-state index in [4.69, 9.17) is 0 Å². The molecule has 0 fully saturated rings. The third-order valence-electron chi connectivity index (χ3n) is 2.05. The van der Waals surface area contributed by atoms with Crippen molar-refractivity contribution < 1.29 is 8.42 Å². The van der Waals surface area contributed by atoms with Crippen molar-refractivity contribution in [1.82, 2.24) is 19.9 Å². The molecule has 0 saturated heterocycles. The molecule has 0 saturated carbocycles. The molecule has 0 aromatic carbocycles. The van der Waals surface area contributed by atoms with Crippen LogP contribution in [0.2, 0.25) is 0 Å². The van der Waals surface area contributed by atoms with Gasteiger partial charge in [0.1, 0.15) is 0 Å². The highest BCUT2D eigenvalue weighted by atomic mass is 32.2. The summed E-state index contributed by atoms with van der Waals surface area (Å²) >= 11 is 0. The zero-order chi connectivity index (χ0) is 13.2. The van der Waals surface area contributed by atoms with Gasteiger partial charge in [-0.05, 0) is 0 Å². The summed E-state index contributed by atoms with van der Waals surface area (Å²) in [6, 6.07) is 0. The standard InChI is InChI=1S/C9H12N6O2S/c1-15(2)9-11-3-7(4-12-9)14-18(16,17)8-5-10-6-13-8/h3-6,14H,1-2H3,(H,10,13). The highest BCUT2D eigenvalue weighted by molar-refractivity contribution is 7.92. The first kappa shape index (κ1) is 12.3. The number of sulfonamides is 1. The normalized spacial score (nSPS) is 11.2. The first-order chi connectivity index (χ1) is 8.49. The number of hydrogen-bond acceptors (Lipinski definition) is 6. The van der Waals surface area contributed by atoms with E-state index in [1.807, 2.05) is 0 Å². The summed E-state index contributed by atoms with van der Waals surface area (Å²) < 4.78 is 26.0. The zero-order valence-corrected chi connectivity index (χ0v) is 10.6. The van der Waals surface area contributed by atoms with Crippen LogP contribution in [0.1, 0.15) is 0 Å². The van der Waals surface area contributed by atoms with Crippen molar-refractivity contribution >= 4 is 21.7 Å². The molecule has 96 valence electrons. The van der Waals surface area contributed by atoms with E-state index >= 15 is 0 Å². The quantitative estimate of drug-likeness (QED) is 0.813. The number of aromatic nitrogens is 4. The Morgan fingerprint density at radius 3 is 2.39 bits per heavy atom. The molecule has 0 aliphatic rings. The highest BCUT2D eigenvalue weighted by Gasteiger charge is 2.15. The Bertz CT molecular complexity index is 605. The van der Waals surface area contributed by atoms with Gasteiger partial charge >= 0.3 is 0 Å². The molecule has 0 aliphatic heterocycles. The summed E-state index contributed by atoms with van der Waals surface area (Å²) in [5.41, 5.74) is 0.287. The van der Waals surface area contributed by atoms with Crippen LogP contribution in [-0.4, -0.2) is 42.4 Å². The van der Waals surface area contributed by atoms with Crippen LogP contribution in [0.5, 0.6) is 0 Å². The van der Waals surface area contributed by atoms with Gasteiger partial charge < -0.3 is 9.88 Å². The topological polar surface area (TPSA) is 104 Å². The Kier molecular flexibility index (Phi) is 3.15. The fourth-order valence-electron chi connectivity index (χ4n) is 1.21. The van der Waals surface area contributed by atoms with Gasteiger partial charge in [0.15, 0.2) is 5.03 Å². The monoisotopic (exact) mass is 268 g/mol. The average molecular weight is 268 g/mol. The number of imidazole rings is 1. The number of hydrogen-bond donors (Lipinski definition) is 2. The van der Waals surface area contributed by atoms with Gasteiger partial charge in [-0.15, -0.1) is 0 Å². The molecule has 2 heterocycles. The summed E-state index contributed by atoms with van der Waals surface area (Å²) in [6.07, 6.45) is 5.31. The van der Waals surface area contributed by atoms with Gasteiger partial charge in [0.25, 0.3) is 10.0 Å². The Hall–Kier alpha value is -2.16. The minimum Gasteiger partial charge on any atom is -0.347 e. The SMILES string of the molecule is CN(C)c1ncc(NS(=O)(=O)c2cnc[nH]2)cn1. The van der Waals surface area contributed by atoms with E-state index in [2.05, 4.69) is 24.7 Å². The van der Waals surface area contributed by atoms with Gasteiger partial charge in [0.05, 0.1) is 30.6 Å². The van der Waals surface area contributed by atoms with E-state index in [0.717, 1.165) is 0 Å². The molecule has 9 heteroatoms. The molecule has 2 rings (SSSR count). The number of rotatable bonds is 4. The predicted octanol–water partition coefficient (Wildman–Crippen LogP) is 0.0665. The van der Waals surface area contributed by atoms with E-state index in [0.29, 0.717) is 5.95 Å². The van der Waals surface area contributed by atoms with Gasteiger partial charge in [-0.2, -0.15) is 8.42 Å². The van der Waals surface area contributed by atoms with E-state index in [1.54, 1.807) is 19.0 Å². The molecule has 0 amide bonds. The van der Waals surface area contributed by atoms with Gasteiger partial charge in [-0.3, -0.25) is 4.72 Å². The molecule has 2 aromatic heterocycles. The minimum atomic E-state index is -3.66. The second kappa shape index (κ2) is 4.61. The molecule has 2 N–H and O–H groups in total. The summed E-state index contributed by atoms with van der Waals surface area (Å²) in [4.78, 5) is 15.9. The number of aromatic amines is 1. The summed E-state index contributed by atoms with van der Waals surface area (Å²) in [5.74, 6) is 0.500. The second-order valence-electron chi connectivity index (χ2n) is 3.69. The fraction of sp³-hybridized carbons (Fsp3) is 0.222. The van der Waals surface area contributed by atoms with E-state index in [1.165, 1.54) is 24.9 Å². The van der Waals surface area contributed by atoms with Crippen LogP contribution in [0.4, 0.5) is 11.6 Å². The van der Waals surface area contributed by atoms with Crippen LogP contribution >= 0.6 is 0 Å². The molecule has 0 spiro atoms. The van der Waals surface area contributed by atoms with Crippen molar-refractivity contribution in [3.63, 3.8) is 0 Å². The molecule has 0 radical (unpaired) electrons. The Morgan fingerprint density at radius 2 is 1.89 bits per heavy atom. The van der Waals surface area contributed by atoms with Crippen LogP contribution in [0.15, 0.2) is 29.9 Å². The molecule has 2 aromatic rings. The van der Waals surface area contributed by atoms with Crippen LogP contribution in [0, 0.1) is 0 Å². The van der Waals surface area contributed by atoms with E-state index in [-0.39, 0.29) is 10.7 Å². The van der Waals surface area contributed by atoms with Crippen molar-refractivity contribution in [1.29, 1.82) is 0 Å². The van der Waals surface area contributed by atoms with Crippen molar-refractivity contribution in [2.75, 3.05) is 23.7 Å². The Morgan fingerprint density at radius 1 is 1.22 bits per heavy atom. The lowest BCUT2D eigenvalue weighted by atomic mass is 10.6. The molecule has 0 aliphatic carbocycles. The van der Waals surface area contributed by atoms with Gasteiger partial charge in [0, 0.05) is 14.1 Å². The lowest BCUT2D eigenvalue weighted by molar-refractivity contribution is 0.598. The zero-order valence-electron chi connectivity index (χ0n) is 9.82. The Labute approximate surface area is 104 Å². The fourth-order valence-corrected chi connectivity index (χ4v) is 2.14. The second-order valence-corrected chi connectivity index (χ2v) is 5.34. The Balaban J connectivity index is 2.20. The average Bonchev–Trinajstić information content (AvgIpc) is 2.83. The van der Waals surface area contributed by atoms with Crippen LogP contribution in [0.25, 0.3) is 0 Å². The van der Waals surface area contributed by atoms with Gasteiger partial charge in [0.2, 0.25) is 5.95 Å². The molecular formula is C9H12N6O2S. The maximum absolute atomic E-state index is 11.8. The summed E-state index contributed by atoms with van der Waals surface area (Å²) in [7, 11) is -0.0739. The largest absolute Gasteiger partial charge is 0.347 e. The van der Waals surface area contributed by atoms with Crippen molar-refractivity contribution in [2.45, 2.75) is 5.03 Å². The lowest BCUT2D eigenvalue weighted by Gasteiger charge is -2.10. The molecular weight excluding hydrogens is 256 g/mol. The van der Waals surface area contributed by atoms with E-state index in [9.17, 15) is 8.42 Å². The first-order valence-corrected chi connectivity index (χ1v) is 6.48. The highest BCUT2D eigenvalue weighted by Crippen LogP contribution is 2.13. The molecule has 0 atom stereocenters. The minimum absolute atomic E-state index is 0.0146. The number of nitrogens with one attached hydrogen (secondary N) is 2. The van der Waals surface area contributed by atoms with Crippen molar-refractivity contribution in [3.05, 3.63) is 24.9 Å². The molecule has 0 unspecified atom stereocenters. The maximum Gasteiger partial charge on any atom is 0.279 e. The van der Waals surface area contributed by atoms with Crippen LogP contribution in [0.3, 0.4) is 0 Å². The first-order valence-electron chi connectivity index (χ1n) is 4.99. The number of H-pyrrole nitrogens is 1. The summed E-state index contributed by atoms with van der Waals surface area (Å²) in [6.45, 7) is 0. The van der Waals surface area contributed by atoms with Crippen molar-refractivity contribution in [3.8, 4) is 0 Å². The van der Waals surface area contributed by atoms with Crippen LogP contribution < -0.4 is 9.62 Å². The van der Waals surface area contributed by atoms with Crippen LogP contribution in [-0.2, 0) is 10.0 Å². The van der Waals surface area contributed by atoms with Crippen molar-refractivity contribution in [2.24, 2.45) is 0 Å². The third kappa shape index (κ3) is 2.56. The number of nitrogens with zero attached hydrogens (tertiary/aromatic N) is 4. The lowest BCUT2D eigenvalue weighted by Crippen LogP contribution is -2.15. The van der Waals surface area contributed by atoms with E-state index < -0.39 is 10.0 Å². The number of anilines is 2. The maximum atomic E-state index is 11.8. The molecule has 18 heavy (non-hydrogen) atoms. The van der Waals surface area contributed by atoms with Gasteiger partial charge in [-0.25, -0.2) is 15.0 Å². The molecule has 8 nitrogen and oxygen atoms in total. The summed E-state index contributed by atoms with van der Waals surface area (Å²) in [5, 5.41) is -0.0146. The van der Waals surface area contributed by atoms with Gasteiger partial charge in [-0.1, -0.05) is 0 Å².